The van der Waals surface area contributed by atoms with Crippen molar-refractivity contribution < 1.29 is 22.0 Å². The first-order chi connectivity index (χ1) is 9.92. The fraction of sp³-hybridized carbons (Fsp3) is 0. The largest absolute Gasteiger partial charge is 0.284 e. The number of hydrogen-bond acceptors (Lipinski definition) is 4. The van der Waals surface area contributed by atoms with E-state index in [0.29, 0.717) is 0 Å². The number of benzene rings is 1. The molecular formula is C12H9F2N3O3S. The van der Waals surface area contributed by atoms with E-state index in [4.69, 9.17) is 0 Å². The molecule has 0 radical (unpaired) electrons. The van der Waals surface area contributed by atoms with Crippen molar-refractivity contribution in [1.29, 1.82) is 0 Å². The maximum absolute atomic E-state index is 13.4. The topological polar surface area (TPSA) is 88.2 Å². The van der Waals surface area contributed by atoms with Gasteiger partial charge in [-0.2, -0.15) is 0 Å². The molecule has 0 aliphatic rings. The number of sulfonamides is 1. The number of amides is 1. The summed E-state index contributed by atoms with van der Waals surface area (Å²) in [7, 11) is -4.58. The predicted octanol–water partition coefficient (Wildman–Crippen LogP) is 0.983. The fourth-order valence-electron chi connectivity index (χ4n) is 1.46. The van der Waals surface area contributed by atoms with Gasteiger partial charge in [0.05, 0.1) is 0 Å². The van der Waals surface area contributed by atoms with Gasteiger partial charge in [-0.15, -0.1) is 4.83 Å². The number of carbonyl (C=O) groups is 1. The standard InChI is InChI=1S/C12H9F2N3O3S/c13-8-4-3-5-9(14)11(8)21(19,20)17-16-12(18)10-6-1-2-7-15-10/h1-7,17H,(H,16,18). The molecule has 1 heterocycles. The van der Waals surface area contributed by atoms with Crippen molar-refractivity contribution in [3.05, 3.63) is 59.9 Å². The molecule has 2 aromatic rings. The van der Waals surface area contributed by atoms with E-state index in [1.807, 2.05) is 5.43 Å². The lowest BCUT2D eigenvalue weighted by Gasteiger charge is -2.09. The number of halogens is 2. The lowest BCUT2D eigenvalue weighted by atomic mass is 10.3. The number of aromatic nitrogens is 1. The summed E-state index contributed by atoms with van der Waals surface area (Å²) in [5.74, 6) is -3.40. The molecule has 0 saturated heterocycles. The summed E-state index contributed by atoms with van der Waals surface area (Å²) in [6, 6.07) is 7.03. The molecule has 2 rings (SSSR count). The summed E-state index contributed by atoms with van der Waals surface area (Å²) in [6.45, 7) is 0. The minimum absolute atomic E-state index is 0.0609. The smallest absolute Gasteiger partial charge is 0.272 e. The second-order valence-corrected chi connectivity index (χ2v) is 5.44. The number of pyridine rings is 1. The van der Waals surface area contributed by atoms with Crippen molar-refractivity contribution in [2.75, 3.05) is 0 Å². The molecule has 1 aromatic carbocycles. The zero-order valence-electron chi connectivity index (χ0n) is 10.4. The fourth-order valence-corrected chi connectivity index (χ4v) is 2.44. The summed E-state index contributed by atoms with van der Waals surface area (Å²) in [5, 5.41) is 0. The van der Waals surface area contributed by atoms with Crippen molar-refractivity contribution >= 4 is 15.9 Å². The van der Waals surface area contributed by atoms with Crippen LogP contribution in [0.2, 0.25) is 0 Å². The van der Waals surface area contributed by atoms with Crippen LogP contribution in [0.4, 0.5) is 8.78 Å². The highest BCUT2D eigenvalue weighted by atomic mass is 32.2. The molecule has 0 aliphatic heterocycles. The molecule has 0 bridgehead atoms. The summed E-state index contributed by atoms with van der Waals surface area (Å²) in [6.07, 6.45) is 1.33. The van der Waals surface area contributed by atoms with Crippen molar-refractivity contribution in [2.24, 2.45) is 0 Å². The average Bonchev–Trinajstić information content (AvgIpc) is 2.45. The predicted molar refractivity (Wildman–Crippen MR) is 68.4 cm³/mol. The molecule has 0 spiro atoms. The summed E-state index contributed by atoms with van der Waals surface area (Å²) < 4.78 is 50.4. The van der Waals surface area contributed by atoms with E-state index in [-0.39, 0.29) is 5.69 Å². The second-order valence-electron chi connectivity index (χ2n) is 3.83. The highest BCUT2D eigenvalue weighted by Crippen LogP contribution is 2.17. The Hall–Kier alpha value is -2.39. The van der Waals surface area contributed by atoms with Gasteiger partial charge in [0, 0.05) is 6.20 Å². The first kappa shape index (κ1) is 15.0. The Morgan fingerprint density at radius 2 is 1.71 bits per heavy atom. The quantitative estimate of drug-likeness (QED) is 0.824. The van der Waals surface area contributed by atoms with Crippen LogP contribution >= 0.6 is 0 Å². The van der Waals surface area contributed by atoms with Crippen molar-refractivity contribution in [2.45, 2.75) is 4.90 Å². The van der Waals surface area contributed by atoms with E-state index >= 15 is 0 Å². The number of rotatable bonds is 4. The maximum atomic E-state index is 13.4. The van der Waals surface area contributed by atoms with E-state index in [1.54, 1.807) is 10.9 Å². The van der Waals surface area contributed by atoms with E-state index < -0.39 is 32.5 Å². The number of nitrogens with one attached hydrogen (secondary N) is 2. The van der Waals surface area contributed by atoms with E-state index in [2.05, 4.69) is 4.98 Å². The van der Waals surface area contributed by atoms with Crippen molar-refractivity contribution in [3.63, 3.8) is 0 Å². The van der Waals surface area contributed by atoms with E-state index in [0.717, 1.165) is 18.2 Å². The van der Waals surface area contributed by atoms with Crippen LogP contribution in [-0.2, 0) is 10.0 Å². The minimum Gasteiger partial charge on any atom is -0.272 e. The summed E-state index contributed by atoms with van der Waals surface area (Å²) in [4.78, 5) is 15.7. The normalized spacial score (nSPS) is 11.1. The molecule has 2 N–H and O–H groups in total. The maximum Gasteiger partial charge on any atom is 0.284 e. The molecule has 0 saturated carbocycles. The van der Waals surface area contributed by atoms with Gasteiger partial charge < -0.3 is 0 Å². The lowest BCUT2D eigenvalue weighted by Crippen LogP contribution is -2.42. The molecule has 1 aromatic heterocycles. The van der Waals surface area contributed by atoms with Gasteiger partial charge in [0.1, 0.15) is 17.3 Å². The Morgan fingerprint density at radius 3 is 2.29 bits per heavy atom. The Bertz CT molecular complexity index is 746. The number of nitrogens with zero attached hydrogens (tertiary/aromatic N) is 1. The number of hydrogen-bond donors (Lipinski definition) is 2. The second kappa shape index (κ2) is 5.94. The molecule has 21 heavy (non-hydrogen) atoms. The number of hydrazine groups is 1. The van der Waals surface area contributed by atoms with Gasteiger partial charge in [-0.3, -0.25) is 15.2 Å². The monoisotopic (exact) mass is 313 g/mol. The molecular weight excluding hydrogens is 304 g/mol. The van der Waals surface area contributed by atoms with Crippen LogP contribution in [0.1, 0.15) is 10.5 Å². The third-order valence-corrected chi connectivity index (χ3v) is 3.68. The first-order valence-electron chi connectivity index (χ1n) is 5.59. The third kappa shape index (κ3) is 3.38. The summed E-state index contributed by atoms with van der Waals surface area (Å²) >= 11 is 0. The molecule has 0 aliphatic carbocycles. The Kier molecular flexibility index (Phi) is 4.24. The molecule has 1 amide bonds. The van der Waals surface area contributed by atoms with E-state index in [9.17, 15) is 22.0 Å². The van der Waals surface area contributed by atoms with Gasteiger partial charge in [0.15, 0.2) is 4.90 Å². The van der Waals surface area contributed by atoms with Crippen LogP contribution in [0, 0.1) is 11.6 Å². The van der Waals surface area contributed by atoms with Gasteiger partial charge in [-0.05, 0) is 24.3 Å². The SMILES string of the molecule is O=C(NNS(=O)(=O)c1c(F)cccc1F)c1ccccn1. The van der Waals surface area contributed by atoms with Crippen LogP contribution in [0.3, 0.4) is 0 Å². The van der Waals surface area contributed by atoms with Crippen LogP contribution in [0.5, 0.6) is 0 Å². The van der Waals surface area contributed by atoms with Crippen LogP contribution in [-0.4, -0.2) is 19.3 Å². The van der Waals surface area contributed by atoms with Gasteiger partial charge in [0.25, 0.3) is 15.9 Å². The first-order valence-corrected chi connectivity index (χ1v) is 7.07. The average molecular weight is 313 g/mol. The van der Waals surface area contributed by atoms with Gasteiger partial charge in [-0.25, -0.2) is 17.2 Å². The zero-order valence-corrected chi connectivity index (χ0v) is 11.2. The molecule has 110 valence electrons. The van der Waals surface area contributed by atoms with Gasteiger partial charge in [0.2, 0.25) is 0 Å². The van der Waals surface area contributed by atoms with Crippen molar-refractivity contribution in [3.8, 4) is 0 Å². The van der Waals surface area contributed by atoms with Crippen molar-refractivity contribution in [1.82, 2.24) is 15.2 Å². The van der Waals surface area contributed by atoms with Gasteiger partial charge in [-0.1, -0.05) is 12.1 Å². The van der Waals surface area contributed by atoms with Crippen LogP contribution in [0.15, 0.2) is 47.5 Å². The highest BCUT2D eigenvalue weighted by molar-refractivity contribution is 7.89. The van der Waals surface area contributed by atoms with Crippen LogP contribution < -0.4 is 10.3 Å². The Balaban J connectivity index is 2.18. The molecule has 6 nitrogen and oxygen atoms in total. The third-order valence-electron chi connectivity index (χ3n) is 2.38. The van der Waals surface area contributed by atoms with E-state index in [1.165, 1.54) is 18.3 Å². The zero-order chi connectivity index (χ0) is 15.5. The Labute approximate surface area is 118 Å². The molecule has 9 heteroatoms. The molecule has 0 unspecified atom stereocenters. The van der Waals surface area contributed by atoms with Crippen LogP contribution in [0.25, 0.3) is 0 Å². The van der Waals surface area contributed by atoms with Gasteiger partial charge >= 0.3 is 0 Å². The highest BCUT2D eigenvalue weighted by Gasteiger charge is 2.24. The molecule has 0 atom stereocenters. The minimum atomic E-state index is -4.58. The number of carbonyl (C=O) groups excluding carboxylic acids is 1. The molecule has 0 fully saturated rings. The lowest BCUT2D eigenvalue weighted by molar-refractivity contribution is 0.0940. The Morgan fingerprint density at radius 1 is 1.05 bits per heavy atom. The summed E-state index contributed by atoms with van der Waals surface area (Å²) in [5.41, 5.74) is 1.76.